The van der Waals surface area contributed by atoms with Gasteiger partial charge in [-0.2, -0.15) is 10.1 Å². The molecule has 7 heteroatoms. The molecule has 1 aromatic heterocycles. The summed E-state index contributed by atoms with van der Waals surface area (Å²) in [4.78, 5) is 4.38. The van der Waals surface area contributed by atoms with Gasteiger partial charge in [0.15, 0.2) is 5.82 Å². The zero-order valence-electron chi connectivity index (χ0n) is 12.8. The van der Waals surface area contributed by atoms with Gasteiger partial charge < -0.3 is 10.6 Å². The summed E-state index contributed by atoms with van der Waals surface area (Å²) < 4.78 is 0. The molecule has 1 aromatic carbocycles. The number of aromatic nitrogens is 3. The first-order valence-electron chi connectivity index (χ1n) is 6.99. The predicted octanol–water partition coefficient (Wildman–Crippen LogP) is 4.04. The zero-order chi connectivity index (χ0) is 16.2. The summed E-state index contributed by atoms with van der Waals surface area (Å²) in [5, 5.41) is 15.6. The number of hydrogen-bond acceptors (Lipinski definition) is 5. The molecule has 22 heavy (non-hydrogen) atoms. The van der Waals surface area contributed by atoms with Gasteiger partial charge in [0.05, 0.1) is 6.20 Å². The molecule has 0 saturated carbocycles. The largest absolute Gasteiger partial charge is 0.368 e. The van der Waals surface area contributed by atoms with Crippen molar-refractivity contribution in [1.82, 2.24) is 15.2 Å². The average molecular weight is 340 g/mol. The number of rotatable bonds is 5. The first-order valence-corrected chi connectivity index (χ1v) is 7.75. The third kappa shape index (κ3) is 5.31. The van der Waals surface area contributed by atoms with E-state index in [0.29, 0.717) is 28.4 Å². The second-order valence-corrected chi connectivity index (χ2v) is 6.80. The number of nitrogens with one attached hydrogen (secondary N) is 2. The first-order chi connectivity index (χ1) is 10.3. The van der Waals surface area contributed by atoms with E-state index in [9.17, 15) is 0 Å². The highest BCUT2D eigenvalue weighted by Crippen LogP contribution is 2.21. The number of halogens is 2. The summed E-state index contributed by atoms with van der Waals surface area (Å²) in [6.07, 6.45) is 2.36. The van der Waals surface area contributed by atoms with Crippen LogP contribution >= 0.6 is 23.2 Å². The van der Waals surface area contributed by atoms with E-state index in [1.54, 1.807) is 12.3 Å². The maximum absolute atomic E-state index is 6.15. The molecule has 5 nitrogen and oxygen atoms in total. The highest BCUT2D eigenvalue weighted by molar-refractivity contribution is 6.35. The van der Waals surface area contributed by atoms with Crippen LogP contribution in [0, 0.1) is 0 Å². The Balaban J connectivity index is 1.93. The number of nitrogens with zero attached hydrogens (tertiary/aromatic N) is 3. The Kier molecular flexibility index (Phi) is 5.42. The molecule has 0 aliphatic heterocycles. The molecule has 0 amide bonds. The molecule has 2 rings (SSSR count). The van der Waals surface area contributed by atoms with E-state index >= 15 is 0 Å². The molecule has 2 aromatic rings. The lowest BCUT2D eigenvalue weighted by atomic mass is 10.1. The Hall–Kier alpha value is -1.59. The van der Waals surface area contributed by atoms with Gasteiger partial charge in [0.1, 0.15) is 0 Å². The molecular formula is C15H19Cl2N5. The van der Waals surface area contributed by atoms with E-state index in [0.717, 1.165) is 12.0 Å². The molecule has 2 N–H and O–H groups in total. The second-order valence-electron chi connectivity index (χ2n) is 5.95. The monoisotopic (exact) mass is 339 g/mol. The fourth-order valence-electron chi connectivity index (χ4n) is 1.83. The van der Waals surface area contributed by atoms with Gasteiger partial charge in [-0.1, -0.05) is 29.3 Å². The summed E-state index contributed by atoms with van der Waals surface area (Å²) >= 11 is 12.0. The molecule has 0 aliphatic carbocycles. The number of benzene rings is 1. The lowest BCUT2D eigenvalue weighted by Gasteiger charge is -2.20. The Bertz CT molecular complexity index is 640. The lowest BCUT2D eigenvalue weighted by Crippen LogP contribution is -2.27. The zero-order valence-corrected chi connectivity index (χ0v) is 14.3. The van der Waals surface area contributed by atoms with Crippen LogP contribution in [0.25, 0.3) is 0 Å². The smallest absolute Gasteiger partial charge is 0.245 e. The van der Waals surface area contributed by atoms with Crippen molar-refractivity contribution in [3.63, 3.8) is 0 Å². The lowest BCUT2D eigenvalue weighted by molar-refractivity contribution is 0.623. The second kappa shape index (κ2) is 7.11. The predicted molar refractivity (Wildman–Crippen MR) is 91.9 cm³/mol. The van der Waals surface area contributed by atoms with Crippen LogP contribution in [0.3, 0.4) is 0 Å². The maximum Gasteiger partial charge on any atom is 0.245 e. The van der Waals surface area contributed by atoms with E-state index < -0.39 is 0 Å². The van der Waals surface area contributed by atoms with Crippen LogP contribution in [0.1, 0.15) is 26.3 Å². The molecule has 0 unspecified atom stereocenters. The quantitative estimate of drug-likeness (QED) is 0.860. The van der Waals surface area contributed by atoms with Crippen molar-refractivity contribution in [2.45, 2.75) is 32.7 Å². The third-order valence-electron chi connectivity index (χ3n) is 2.76. The average Bonchev–Trinajstić information content (AvgIpc) is 2.40. The summed E-state index contributed by atoms with van der Waals surface area (Å²) in [5.41, 5.74) is 0.922. The van der Waals surface area contributed by atoms with Crippen LogP contribution in [0.2, 0.25) is 10.0 Å². The molecule has 0 fully saturated rings. The highest BCUT2D eigenvalue weighted by Gasteiger charge is 2.11. The van der Waals surface area contributed by atoms with Crippen molar-refractivity contribution in [3.8, 4) is 0 Å². The summed E-state index contributed by atoms with van der Waals surface area (Å²) in [5.74, 6) is 1.17. The Morgan fingerprint density at radius 3 is 2.64 bits per heavy atom. The molecule has 0 aliphatic rings. The van der Waals surface area contributed by atoms with Crippen LogP contribution in [-0.2, 0) is 6.42 Å². The summed E-state index contributed by atoms with van der Waals surface area (Å²) in [6.45, 7) is 6.81. The third-order valence-corrected chi connectivity index (χ3v) is 3.35. The summed E-state index contributed by atoms with van der Waals surface area (Å²) in [7, 11) is 0. The van der Waals surface area contributed by atoms with E-state index in [1.165, 1.54) is 0 Å². The Morgan fingerprint density at radius 1 is 1.18 bits per heavy atom. The van der Waals surface area contributed by atoms with E-state index in [-0.39, 0.29) is 5.54 Å². The molecule has 1 heterocycles. The molecule has 118 valence electrons. The molecule has 0 bridgehead atoms. The van der Waals surface area contributed by atoms with Crippen molar-refractivity contribution in [1.29, 1.82) is 0 Å². The van der Waals surface area contributed by atoms with Crippen molar-refractivity contribution in [2.75, 3.05) is 17.2 Å². The van der Waals surface area contributed by atoms with Gasteiger partial charge in [-0.05, 0) is 44.9 Å². The fourth-order valence-corrected chi connectivity index (χ4v) is 2.33. The minimum Gasteiger partial charge on any atom is -0.368 e. The summed E-state index contributed by atoms with van der Waals surface area (Å²) in [6, 6.07) is 5.51. The van der Waals surface area contributed by atoms with Gasteiger partial charge in [0.25, 0.3) is 0 Å². The fraction of sp³-hybridized carbons (Fsp3) is 0.400. The van der Waals surface area contributed by atoms with Crippen LogP contribution in [0.4, 0.5) is 11.8 Å². The first kappa shape index (κ1) is 16.8. The van der Waals surface area contributed by atoms with Crippen molar-refractivity contribution in [2.24, 2.45) is 0 Å². The maximum atomic E-state index is 6.15. The SMILES string of the molecule is CC(C)(C)Nc1nncc(NCCc2ccc(Cl)cc2Cl)n1. The van der Waals surface area contributed by atoms with Crippen molar-refractivity contribution in [3.05, 3.63) is 40.0 Å². The molecule has 0 spiro atoms. The van der Waals surface area contributed by atoms with Crippen molar-refractivity contribution < 1.29 is 0 Å². The van der Waals surface area contributed by atoms with E-state index in [2.05, 4.69) is 25.8 Å². The van der Waals surface area contributed by atoms with Gasteiger partial charge in [-0.25, -0.2) is 0 Å². The van der Waals surface area contributed by atoms with Gasteiger partial charge in [-0.15, -0.1) is 5.10 Å². The van der Waals surface area contributed by atoms with Crippen LogP contribution in [-0.4, -0.2) is 27.3 Å². The highest BCUT2D eigenvalue weighted by atomic mass is 35.5. The molecule has 0 atom stereocenters. The van der Waals surface area contributed by atoms with Gasteiger partial charge in [-0.3, -0.25) is 0 Å². The number of hydrogen-bond donors (Lipinski definition) is 2. The van der Waals surface area contributed by atoms with E-state index in [1.807, 2.05) is 32.9 Å². The van der Waals surface area contributed by atoms with Crippen molar-refractivity contribution >= 4 is 35.0 Å². The van der Waals surface area contributed by atoms with Crippen LogP contribution in [0.5, 0.6) is 0 Å². The van der Waals surface area contributed by atoms with Gasteiger partial charge in [0, 0.05) is 22.1 Å². The Labute approximate surface area is 140 Å². The van der Waals surface area contributed by atoms with Crippen LogP contribution in [0.15, 0.2) is 24.4 Å². The Morgan fingerprint density at radius 2 is 1.95 bits per heavy atom. The van der Waals surface area contributed by atoms with Gasteiger partial charge in [0.2, 0.25) is 5.95 Å². The van der Waals surface area contributed by atoms with Crippen LogP contribution < -0.4 is 10.6 Å². The topological polar surface area (TPSA) is 62.7 Å². The minimum absolute atomic E-state index is 0.114. The molecular weight excluding hydrogens is 321 g/mol. The molecule has 0 radical (unpaired) electrons. The molecule has 0 saturated heterocycles. The van der Waals surface area contributed by atoms with E-state index in [4.69, 9.17) is 23.2 Å². The normalized spacial score (nSPS) is 11.3. The number of anilines is 2. The van der Waals surface area contributed by atoms with Gasteiger partial charge >= 0.3 is 0 Å². The standard InChI is InChI=1S/C15H19Cl2N5/c1-15(2,3)21-14-20-13(9-19-22-14)18-7-6-10-4-5-11(16)8-12(10)17/h4-5,8-9H,6-7H2,1-3H3,(H2,18,20,21,22). The minimum atomic E-state index is -0.114.